The SMILES string of the molecule is CC1=CC2NCCNC2N=C1. The molecular weight excluding hydrogens is 138 g/mol. The van der Waals surface area contributed by atoms with Gasteiger partial charge in [-0.3, -0.25) is 10.3 Å². The summed E-state index contributed by atoms with van der Waals surface area (Å²) < 4.78 is 0. The Morgan fingerprint density at radius 2 is 2.27 bits per heavy atom. The highest BCUT2D eigenvalue weighted by molar-refractivity contribution is 5.79. The van der Waals surface area contributed by atoms with Gasteiger partial charge in [0.15, 0.2) is 0 Å². The number of nitrogens with zero attached hydrogens (tertiary/aromatic N) is 1. The van der Waals surface area contributed by atoms with Crippen LogP contribution in [-0.4, -0.2) is 31.5 Å². The predicted molar refractivity (Wildman–Crippen MR) is 45.8 cm³/mol. The van der Waals surface area contributed by atoms with E-state index in [1.54, 1.807) is 0 Å². The largest absolute Gasteiger partial charge is 0.306 e. The molecule has 0 bridgehead atoms. The normalized spacial score (nSPS) is 36.3. The highest BCUT2D eigenvalue weighted by Crippen LogP contribution is 2.08. The molecule has 0 aromatic carbocycles. The van der Waals surface area contributed by atoms with E-state index in [0.29, 0.717) is 6.04 Å². The molecule has 2 unspecified atom stereocenters. The van der Waals surface area contributed by atoms with E-state index in [-0.39, 0.29) is 6.17 Å². The smallest absolute Gasteiger partial charge is 0.119 e. The summed E-state index contributed by atoms with van der Waals surface area (Å²) in [4.78, 5) is 4.37. The van der Waals surface area contributed by atoms with Gasteiger partial charge in [-0.1, -0.05) is 6.08 Å². The van der Waals surface area contributed by atoms with Crippen LogP contribution in [0.25, 0.3) is 0 Å². The van der Waals surface area contributed by atoms with E-state index >= 15 is 0 Å². The Hall–Kier alpha value is -0.670. The van der Waals surface area contributed by atoms with Crippen LogP contribution < -0.4 is 10.6 Å². The fourth-order valence-electron chi connectivity index (χ4n) is 1.52. The van der Waals surface area contributed by atoms with E-state index in [0.717, 1.165) is 13.1 Å². The number of fused-ring (bicyclic) bond motifs is 1. The van der Waals surface area contributed by atoms with Crippen LogP contribution in [0.1, 0.15) is 6.92 Å². The Bertz CT molecular complexity index is 207. The Kier molecular flexibility index (Phi) is 1.75. The predicted octanol–water partition coefficient (Wildman–Crippen LogP) is -0.0954. The molecule has 0 aliphatic carbocycles. The van der Waals surface area contributed by atoms with E-state index < -0.39 is 0 Å². The van der Waals surface area contributed by atoms with Gasteiger partial charge in [0.05, 0.1) is 6.04 Å². The minimum Gasteiger partial charge on any atom is -0.306 e. The molecule has 0 aromatic heterocycles. The number of piperazine rings is 1. The van der Waals surface area contributed by atoms with Gasteiger partial charge in [-0.2, -0.15) is 0 Å². The molecule has 2 rings (SSSR count). The Balaban J connectivity index is 2.13. The van der Waals surface area contributed by atoms with Crippen LogP contribution >= 0.6 is 0 Å². The van der Waals surface area contributed by atoms with E-state index in [1.165, 1.54) is 5.57 Å². The molecular formula is C8H13N3. The molecule has 60 valence electrons. The second kappa shape index (κ2) is 2.75. The molecule has 1 fully saturated rings. The van der Waals surface area contributed by atoms with Gasteiger partial charge in [0.1, 0.15) is 6.17 Å². The molecule has 3 heteroatoms. The van der Waals surface area contributed by atoms with Crippen molar-refractivity contribution in [3.8, 4) is 0 Å². The van der Waals surface area contributed by atoms with Crippen molar-refractivity contribution in [2.45, 2.75) is 19.1 Å². The Morgan fingerprint density at radius 3 is 3.18 bits per heavy atom. The van der Waals surface area contributed by atoms with Crippen molar-refractivity contribution in [3.63, 3.8) is 0 Å². The first-order valence-corrected chi connectivity index (χ1v) is 4.04. The van der Waals surface area contributed by atoms with Gasteiger partial charge in [0.2, 0.25) is 0 Å². The van der Waals surface area contributed by atoms with Crippen LogP contribution in [0, 0.1) is 0 Å². The molecule has 0 saturated carbocycles. The fourth-order valence-corrected chi connectivity index (χ4v) is 1.52. The lowest BCUT2D eigenvalue weighted by atomic mass is 10.1. The highest BCUT2D eigenvalue weighted by atomic mass is 15.2. The maximum atomic E-state index is 4.37. The molecule has 2 atom stereocenters. The summed E-state index contributed by atoms with van der Waals surface area (Å²) >= 11 is 0. The summed E-state index contributed by atoms with van der Waals surface area (Å²) in [6.07, 6.45) is 4.43. The summed E-state index contributed by atoms with van der Waals surface area (Å²) in [6, 6.07) is 0.411. The van der Waals surface area contributed by atoms with Gasteiger partial charge >= 0.3 is 0 Å². The third-order valence-electron chi connectivity index (χ3n) is 2.08. The van der Waals surface area contributed by atoms with Gasteiger partial charge in [0, 0.05) is 19.3 Å². The average molecular weight is 151 g/mol. The van der Waals surface area contributed by atoms with Crippen molar-refractivity contribution < 1.29 is 0 Å². The zero-order valence-corrected chi connectivity index (χ0v) is 6.67. The van der Waals surface area contributed by atoms with E-state index in [2.05, 4.69) is 28.6 Å². The van der Waals surface area contributed by atoms with Gasteiger partial charge in [-0.05, 0) is 12.5 Å². The molecule has 3 nitrogen and oxygen atoms in total. The first-order valence-electron chi connectivity index (χ1n) is 4.04. The standard InChI is InChI=1S/C8H13N3/c1-6-4-7-8(11-5-6)10-3-2-9-7/h4-5,7-10H,2-3H2,1H3. The molecule has 0 spiro atoms. The number of aliphatic imine (C=N–C) groups is 1. The lowest BCUT2D eigenvalue weighted by Crippen LogP contribution is -2.55. The zero-order chi connectivity index (χ0) is 7.68. The molecule has 11 heavy (non-hydrogen) atoms. The van der Waals surface area contributed by atoms with Crippen LogP contribution in [0.15, 0.2) is 16.6 Å². The number of hydrogen-bond acceptors (Lipinski definition) is 3. The van der Waals surface area contributed by atoms with Gasteiger partial charge in [-0.15, -0.1) is 0 Å². The monoisotopic (exact) mass is 151 g/mol. The average Bonchev–Trinajstić information content (AvgIpc) is 2.04. The van der Waals surface area contributed by atoms with Crippen LogP contribution in [0.5, 0.6) is 0 Å². The summed E-state index contributed by atoms with van der Waals surface area (Å²) in [5, 5.41) is 6.74. The molecule has 1 saturated heterocycles. The quantitative estimate of drug-likeness (QED) is 0.507. The van der Waals surface area contributed by atoms with Gasteiger partial charge in [0.25, 0.3) is 0 Å². The number of dihydropyridines is 1. The van der Waals surface area contributed by atoms with Crippen molar-refractivity contribution in [1.29, 1.82) is 0 Å². The molecule has 2 aliphatic rings. The van der Waals surface area contributed by atoms with Crippen molar-refractivity contribution in [2.75, 3.05) is 13.1 Å². The van der Waals surface area contributed by atoms with Crippen molar-refractivity contribution >= 4 is 6.21 Å². The van der Waals surface area contributed by atoms with Gasteiger partial charge in [-0.25, -0.2) is 0 Å². The third kappa shape index (κ3) is 1.34. The van der Waals surface area contributed by atoms with Crippen LogP contribution in [0.4, 0.5) is 0 Å². The minimum atomic E-state index is 0.271. The molecule has 0 amide bonds. The van der Waals surface area contributed by atoms with E-state index in [4.69, 9.17) is 0 Å². The molecule has 2 N–H and O–H groups in total. The fraction of sp³-hybridized carbons (Fsp3) is 0.625. The van der Waals surface area contributed by atoms with Crippen molar-refractivity contribution in [2.24, 2.45) is 4.99 Å². The highest BCUT2D eigenvalue weighted by Gasteiger charge is 2.22. The van der Waals surface area contributed by atoms with E-state index in [9.17, 15) is 0 Å². The molecule has 2 aliphatic heterocycles. The van der Waals surface area contributed by atoms with Crippen LogP contribution in [-0.2, 0) is 0 Å². The van der Waals surface area contributed by atoms with E-state index in [1.807, 2.05) is 6.21 Å². The molecule has 0 radical (unpaired) electrons. The summed E-state index contributed by atoms with van der Waals surface area (Å²) in [5.41, 5.74) is 1.25. The summed E-state index contributed by atoms with van der Waals surface area (Å²) in [6.45, 7) is 4.14. The lowest BCUT2D eigenvalue weighted by molar-refractivity contribution is 0.370. The Labute approximate surface area is 66.6 Å². The third-order valence-corrected chi connectivity index (χ3v) is 2.08. The lowest BCUT2D eigenvalue weighted by Gasteiger charge is -2.31. The van der Waals surface area contributed by atoms with Gasteiger partial charge < -0.3 is 5.32 Å². The number of rotatable bonds is 0. The summed E-state index contributed by atoms with van der Waals surface area (Å²) in [5.74, 6) is 0. The maximum absolute atomic E-state index is 4.37. The number of nitrogens with one attached hydrogen (secondary N) is 2. The second-order valence-electron chi connectivity index (χ2n) is 3.07. The zero-order valence-electron chi connectivity index (χ0n) is 6.67. The number of hydrogen-bond donors (Lipinski definition) is 2. The number of allylic oxidation sites excluding steroid dienone is 1. The van der Waals surface area contributed by atoms with Crippen LogP contribution in [0.3, 0.4) is 0 Å². The minimum absolute atomic E-state index is 0.271. The first kappa shape index (κ1) is 7.00. The Morgan fingerprint density at radius 1 is 1.45 bits per heavy atom. The van der Waals surface area contributed by atoms with Crippen LogP contribution in [0.2, 0.25) is 0 Å². The maximum Gasteiger partial charge on any atom is 0.119 e. The first-order chi connectivity index (χ1) is 5.36. The van der Waals surface area contributed by atoms with Crippen molar-refractivity contribution in [3.05, 3.63) is 11.6 Å². The topological polar surface area (TPSA) is 36.4 Å². The van der Waals surface area contributed by atoms with Crippen molar-refractivity contribution in [1.82, 2.24) is 10.6 Å². The summed E-state index contributed by atoms with van der Waals surface area (Å²) in [7, 11) is 0. The second-order valence-corrected chi connectivity index (χ2v) is 3.07. The molecule has 2 heterocycles. The molecule has 0 aromatic rings.